The van der Waals surface area contributed by atoms with Crippen LogP contribution in [0, 0.1) is 0 Å². The van der Waals surface area contributed by atoms with E-state index in [0.29, 0.717) is 16.7 Å². The van der Waals surface area contributed by atoms with E-state index in [2.05, 4.69) is 90.2 Å². The van der Waals surface area contributed by atoms with Crippen molar-refractivity contribution in [2.24, 2.45) is 0 Å². The maximum atomic E-state index is 13.4. The number of imidazole rings is 1. The Labute approximate surface area is 379 Å². The number of hydrogen-bond acceptors (Lipinski definition) is 10. The van der Waals surface area contributed by atoms with Crippen LogP contribution in [0.5, 0.6) is 11.5 Å². The van der Waals surface area contributed by atoms with Crippen LogP contribution in [0.15, 0.2) is 122 Å². The van der Waals surface area contributed by atoms with Crippen molar-refractivity contribution in [3.05, 3.63) is 144 Å². The molecule has 0 radical (unpaired) electrons. The molecule has 0 aliphatic carbocycles. The van der Waals surface area contributed by atoms with Crippen molar-refractivity contribution in [2.75, 3.05) is 26.1 Å². The van der Waals surface area contributed by atoms with Crippen molar-refractivity contribution in [1.82, 2.24) is 19.5 Å². The number of carbonyl (C=O) groups is 1. The molecule has 0 unspecified atom stereocenters. The fourth-order valence-electron chi connectivity index (χ4n) is 7.55. The molecule has 12 nitrogen and oxygen atoms in total. The topological polar surface area (TPSA) is 128 Å². The summed E-state index contributed by atoms with van der Waals surface area (Å²) < 4.78 is 43.0. The van der Waals surface area contributed by atoms with Crippen molar-refractivity contribution >= 4 is 39.5 Å². The highest BCUT2D eigenvalue weighted by Crippen LogP contribution is 2.48. The van der Waals surface area contributed by atoms with Gasteiger partial charge in [0, 0.05) is 5.56 Å². The Bertz CT molecular complexity index is 2460. The van der Waals surface area contributed by atoms with Crippen LogP contribution in [0.1, 0.15) is 74.8 Å². The number of ether oxygens (including phenoxy) is 4. The molecule has 7 rings (SSSR count). The molecule has 1 N–H and O–H groups in total. The van der Waals surface area contributed by atoms with Gasteiger partial charge in [-0.3, -0.25) is 9.36 Å². The normalized spacial score (nSPS) is 18.6. The third-order valence-corrected chi connectivity index (χ3v) is 22.2. The first-order chi connectivity index (χ1) is 30.3. The van der Waals surface area contributed by atoms with Crippen LogP contribution < -0.4 is 14.8 Å². The van der Waals surface area contributed by atoms with Crippen LogP contribution in [-0.4, -0.2) is 81.2 Å². The highest BCUT2D eigenvalue weighted by Gasteiger charge is 2.55. The first-order valence-corrected chi connectivity index (χ1v) is 27.6. The van der Waals surface area contributed by atoms with Gasteiger partial charge in [-0.2, -0.15) is 0 Å². The summed E-state index contributed by atoms with van der Waals surface area (Å²) in [6, 6.07) is 35.3. The zero-order chi connectivity index (χ0) is 46.1. The number of nitrogens with one attached hydrogen (secondary N) is 1. The number of benzene rings is 4. The lowest BCUT2D eigenvalue weighted by atomic mass is 9.80. The van der Waals surface area contributed by atoms with Gasteiger partial charge in [0.2, 0.25) is 0 Å². The number of nitrogens with zero attached hydrogens (tertiary/aromatic N) is 4. The second-order valence-electron chi connectivity index (χ2n) is 19.4. The molecule has 0 spiro atoms. The molecule has 1 saturated heterocycles. The summed E-state index contributed by atoms with van der Waals surface area (Å²) in [4.78, 5) is 27.4. The Hall–Kier alpha value is -5.23. The van der Waals surface area contributed by atoms with Gasteiger partial charge in [0.05, 0.1) is 27.2 Å². The number of fused-ring (bicyclic) bond motifs is 1. The molecule has 1 amide bonds. The van der Waals surface area contributed by atoms with Crippen LogP contribution in [0.2, 0.25) is 36.3 Å². The second-order valence-corrected chi connectivity index (χ2v) is 28.9. The SMILES string of the molecule is COc1ccc(C(OC[C@H]2O[C@@H](n3cnc4c(NC(=O)c5ccccc5)ncnc43)[C@H](O[Si](C)(C)C(C)(C)C)[C@@H]2O[Si](C)(C)C(C)(C)C)(c2ccccc2)c2ccc(OC)cc2)cc1. The Morgan fingerprint density at radius 2 is 1.17 bits per heavy atom. The molecule has 4 aromatic carbocycles. The van der Waals surface area contributed by atoms with Crippen LogP contribution in [0.4, 0.5) is 5.82 Å². The average Bonchev–Trinajstić information content (AvgIpc) is 3.85. The highest BCUT2D eigenvalue weighted by molar-refractivity contribution is 6.74. The largest absolute Gasteiger partial charge is 0.497 e. The lowest BCUT2D eigenvalue weighted by Crippen LogP contribution is -2.54. The minimum Gasteiger partial charge on any atom is -0.497 e. The maximum absolute atomic E-state index is 13.4. The van der Waals surface area contributed by atoms with E-state index in [1.54, 1.807) is 32.7 Å². The van der Waals surface area contributed by atoms with E-state index in [0.717, 1.165) is 28.2 Å². The molecule has 14 heteroatoms. The molecular formula is C50H63N5O7Si2. The van der Waals surface area contributed by atoms with Gasteiger partial charge in [0.1, 0.15) is 41.7 Å². The van der Waals surface area contributed by atoms with Gasteiger partial charge < -0.3 is 33.1 Å². The van der Waals surface area contributed by atoms with Crippen molar-refractivity contribution in [1.29, 1.82) is 0 Å². The third-order valence-electron chi connectivity index (χ3n) is 13.3. The number of methoxy groups -OCH3 is 2. The Morgan fingerprint density at radius 1 is 0.672 bits per heavy atom. The van der Waals surface area contributed by atoms with Gasteiger partial charge in [-0.15, -0.1) is 0 Å². The fraction of sp³-hybridized carbons (Fsp3) is 0.400. The van der Waals surface area contributed by atoms with E-state index in [9.17, 15) is 4.79 Å². The number of aromatic nitrogens is 4. The summed E-state index contributed by atoms with van der Waals surface area (Å²) in [6.45, 7) is 22.5. The van der Waals surface area contributed by atoms with E-state index in [-0.39, 0.29) is 28.4 Å². The smallest absolute Gasteiger partial charge is 0.256 e. The van der Waals surface area contributed by atoms with Crippen molar-refractivity contribution in [2.45, 2.75) is 108 Å². The number of carbonyl (C=O) groups excluding carboxylic acids is 1. The molecule has 1 fully saturated rings. The minimum atomic E-state index is -2.52. The standard InChI is InChI=1S/C50H63N5O7Si2/c1-48(2,3)63(9,10)61-42-40(31-59-50(35-21-17-14-18-22-35,36-23-27-38(57-7)28-24-36)37-25-29-39(58-8)30-26-37)60-47(43(42)62-64(11,12)49(4,5)6)55-33-53-41-44(51-32-52-45(41)55)54-46(56)34-19-15-13-16-20-34/h13-30,32-33,40,42-43,47H,31H2,1-12H3,(H,51,52,54,56)/t40-,42-,43-,47-/m1/s1. The molecule has 1 aliphatic rings. The Morgan fingerprint density at radius 3 is 1.69 bits per heavy atom. The van der Waals surface area contributed by atoms with Crippen LogP contribution in [0.25, 0.3) is 11.2 Å². The first kappa shape index (κ1) is 46.8. The molecule has 2 aromatic heterocycles. The average molecular weight is 902 g/mol. The summed E-state index contributed by atoms with van der Waals surface area (Å²) in [5.74, 6) is 1.45. The summed E-state index contributed by atoms with van der Waals surface area (Å²) in [5, 5.41) is 2.67. The fourth-order valence-corrected chi connectivity index (χ4v) is 10.2. The predicted molar refractivity (Wildman–Crippen MR) is 256 cm³/mol. The quantitative estimate of drug-likeness (QED) is 0.0786. The Balaban J connectivity index is 1.38. The predicted octanol–water partition coefficient (Wildman–Crippen LogP) is 10.8. The van der Waals surface area contributed by atoms with Crippen molar-refractivity contribution < 1.29 is 32.6 Å². The molecule has 6 aromatic rings. The molecule has 0 saturated carbocycles. The summed E-state index contributed by atoms with van der Waals surface area (Å²) in [7, 11) is -1.72. The summed E-state index contributed by atoms with van der Waals surface area (Å²) >= 11 is 0. The number of anilines is 1. The molecule has 64 heavy (non-hydrogen) atoms. The van der Waals surface area contributed by atoms with Gasteiger partial charge >= 0.3 is 0 Å². The monoisotopic (exact) mass is 901 g/mol. The first-order valence-electron chi connectivity index (χ1n) is 21.8. The van der Waals surface area contributed by atoms with Crippen molar-refractivity contribution in [3.63, 3.8) is 0 Å². The summed E-state index contributed by atoms with van der Waals surface area (Å²) in [6.07, 6.45) is 0.568. The maximum Gasteiger partial charge on any atom is 0.256 e. The van der Waals surface area contributed by atoms with Crippen LogP contribution >= 0.6 is 0 Å². The Kier molecular flexibility index (Phi) is 13.4. The highest BCUT2D eigenvalue weighted by atomic mass is 28.4. The van der Waals surface area contributed by atoms with Gasteiger partial charge in [0.25, 0.3) is 5.91 Å². The van der Waals surface area contributed by atoms with Gasteiger partial charge in [-0.25, -0.2) is 15.0 Å². The van der Waals surface area contributed by atoms with Gasteiger partial charge in [-0.05, 0) is 89.4 Å². The van der Waals surface area contributed by atoms with E-state index < -0.39 is 46.8 Å². The van der Waals surface area contributed by atoms with Crippen LogP contribution in [-0.2, 0) is 23.9 Å². The molecule has 0 bridgehead atoms. The molecule has 338 valence electrons. The second kappa shape index (κ2) is 18.3. The zero-order valence-corrected chi connectivity index (χ0v) is 41.2. The van der Waals surface area contributed by atoms with Crippen molar-refractivity contribution in [3.8, 4) is 11.5 Å². The van der Waals surface area contributed by atoms with Gasteiger partial charge in [0.15, 0.2) is 39.8 Å². The number of rotatable bonds is 15. The van der Waals surface area contributed by atoms with E-state index >= 15 is 0 Å². The zero-order valence-electron chi connectivity index (χ0n) is 39.2. The van der Waals surface area contributed by atoms with Gasteiger partial charge in [-0.1, -0.05) is 114 Å². The lowest BCUT2D eigenvalue weighted by molar-refractivity contribution is -0.0928. The number of amides is 1. The number of hydrogen-bond donors (Lipinski definition) is 1. The van der Waals surface area contributed by atoms with E-state index in [1.165, 1.54) is 6.33 Å². The molecule has 1 aliphatic heterocycles. The third kappa shape index (κ3) is 9.30. The minimum absolute atomic E-state index is 0.111. The lowest BCUT2D eigenvalue weighted by Gasteiger charge is -2.44. The molecule has 3 heterocycles. The molecule has 4 atom stereocenters. The van der Waals surface area contributed by atoms with E-state index in [1.807, 2.05) is 89.5 Å². The molecular weight excluding hydrogens is 839 g/mol. The van der Waals surface area contributed by atoms with E-state index in [4.69, 9.17) is 37.8 Å². The summed E-state index contributed by atoms with van der Waals surface area (Å²) in [5.41, 5.74) is 3.02. The van der Waals surface area contributed by atoms with Crippen LogP contribution in [0.3, 0.4) is 0 Å².